The van der Waals surface area contributed by atoms with Crippen LogP contribution in [0.25, 0.3) is 0 Å². The Kier molecular flexibility index (Phi) is 3.50. The molecular formula is C10H10N2O2. The molecule has 2 N–H and O–H groups in total. The number of pyridine rings is 1. The van der Waals surface area contributed by atoms with E-state index < -0.39 is 5.97 Å². The molecule has 0 aliphatic heterocycles. The average Bonchev–Trinajstić information content (AvgIpc) is 2.16. The first-order chi connectivity index (χ1) is 6.72. The van der Waals surface area contributed by atoms with Crippen molar-refractivity contribution < 1.29 is 9.90 Å². The zero-order valence-corrected chi connectivity index (χ0v) is 7.53. The van der Waals surface area contributed by atoms with Crippen molar-refractivity contribution in [2.75, 3.05) is 11.9 Å². The van der Waals surface area contributed by atoms with Gasteiger partial charge in [0, 0.05) is 0 Å². The first-order valence-corrected chi connectivity index (χ1v) is 4.06. The Morgan fingerprint density at radius 2 is 2.43 bits per heavy atom. The van der Waals surface area contributed by atoms with E-state index >= 15 is 0 Å². The van der Waals surface area contributed by atoms with Gasteiger partial charge < -0.3 is 10.4 Å². The summed E-state index contributed by atoms with van der Waals surface area (Å²) in [5, 5.41) is 11.4. The zero-order chi connectivity index (χ0) is 10.4. The smallest absolute Gasteiger partial charge is 0.309 e. The Hall–Kier alpha value is -2.02. The van der Waals surface area contributed by atoms with Crippen LogP contribution < -0.4 is 5.32 Å². The molecule has 1 aromatic rings. The minimum atomic E-state index is -0.887. The summed E-state index contributed by atoms with van der Waals surface area (Å²) in [6, 6.07) is 3.41. The summed E-state index contributed by atoms with van der Waals surface area (Å²) in [6.45, 7) is 0.431. The van der Waals surface area contributed by atoms with Gasteiger partial charge in [-0.2, -0.15) is 0 Å². The van der Waals surface area contributed by atoms with Crippen molar-refractivity contribution in [3.63, 3.8) is 0 Å². The summed E-state index contributed by atoms with van der Waals surface area (Å²) in [4.78, 5) is 14.3. The molecule has 0 amide bonds. The summed E-state index contributed by atoms with van der Waals surface area (Å²) in [5.41, 5.74) is 1.32. The maximum atomic E-state index is 10.3. The van der Waals surface area contributed by atoms with Gasteiger partial charge >= 0.3 is 5.97 Å². The maximum Gasteiger partial charge on any atom is 0.309 e. The normalized spacial score (nSPS) is 9.07. The Morgan fingerprint density at radius 3 is 2.93 bits per heavy atom. The average molecular weight is 190 g/mol. The number of nitrogens with zero attached hydrogens (tertiary/aromatic N) is 1. The molecule has 72 valence electrons. The molecule has 0 saturated carbocycles. The standard InChI is InChI=1S/C10H10N2O2/c1-2-5-11-9-4-3-8(12-7-9)6-10(13)14/h1,3-4,7,11H,5-6H2,(H,13,14). The first kappa shape index (κ1) is 10.1. The third-order valence-corrected chi connectivity index (χ3v) is 1.55. The van der Waals surface area contributed by atoms with Crippen molar-refractivity contribution >= 4 is 11.7 Å². The minimum absolute atomic E-state index is 0.0601. The number of aliphatic carboxylic acids is 1. The van der Waals surface area contributed by atoms with Crippen LogP contribution in [0, 0.1) is 12.3 Å². The van der Waals surface area contributed by atoms with Crippen molar-refractivity contribution in [3.05, 3.63) is 24.0 Å². The van der Waals surface area contributed by atoms with E-state index in [0.29, 0.717) is 12.2 Å². The van der Waals surface area contributed by atoms with E-state index in [1.807, 2.05) is 0 Å². The van der Waals surface area contributed by atoms with Crippen LogP contribution in [0.1, 0.15) is 5.69 Å². The minimum Gasteiger partial charge on any atom is -0.481 e. The van der Waals surface area contributed by atoms with Crippen molar-refractivity contribution in [2.45, 2.75) is 6.42 Å². The first-order valence-electron chi connectivity index (χ1n) is 4.06. The third-order valence-electron chi connectivity index (χ3n) is 1.55. The van der Waals surface area contributed by atoms with E-state index in [2.05, 4.69) is 16.2 Å². The van der Waals surface area contributed by atoms with E-state index in [1.54, 1.807) is 18.3 Å². The second kappa shape index (κ2) is 4.87. The van der Waals surface area contributed by atoms with Crippen LogP contribution in [0.5, 0.6) is 0 Å². The lowest BCUT2D eigenvalue weighted by atomic mass is 10.2. The zero-order valence-electron chi connectivity index (χ0n) is 7.53. The number of carboxylic acid groups (broad SMARTS) is 1. The van der Waals surface area contributed by atoms with E-state index in [0.717, 1.165) is 5.69 Å². The number of rotatable bonds is 4. The second-order valence-electron chi connectivity index (χ2n) is 2.67. The highest BCUT2D eigenvalue weighted by Gasteiger charge is 2.00. The van der Waals surface area contributed by atoms with E-state index in [-0.39, 0.29) is 6.42 Å². The second-order valence-corrected chi connectivity index (χ2v) is 2.67. The van der Waals surface area contributed by atoms with Crippen LogP contribution >= 0.6 is 0 Å². The number of aromatic nitrogens is 1. The molecule has 0 aromatic carbocycles. The van der Waals surface area contributed by atoms with Crippen molar-refractivity contribution in [3.8, 4) is 12.3 Å². The molecule has 1 rings (SSSR count). The summed E-state index contributed by atoms with van der Waals surface area (Å²) >= 11 is 0. The third kappa shape index (κ3) is 3.15. The summed E-state index contributed by atoms with van der Waals surface area (Å²) in [5.74, 6) is 1.54. The monoisotopic (exact) mass is 190 g/mol. The molecule has 14 heavy (non-hydrogen) atoms. The summed E-state index contributed by atoms with van der Waals surface area (Å²) in [7, 11) is 0. The van der Waals surface area contributed by atoms with Crippen molar-refractivity contribution in [1.29, 1.82) is 0 Å². The van der Waals surface area contributed by atoms with Gasteiger partial charge in [-0.1, -0.05) is 5.92 Å². The Labute approximate surface area is 82.0 Å². The van der Waals surface area contributed by atoms with Crippen LogP contribution in [-0.4, -0.2) is 22.6 Å². The number of anilines is 1. The molecule has 0 spiro atoms. The number of carbonyl (C=O) groups is 1. The van der Waals surface area contributed by atoms with E-state index in [9.17, 15) is 4.79 Å². The lowest BCUT2D eigenvalue weighted by Gasteiger charge is -2.02. The molecule has 0 saturated heterocycles. The molecule has 0 unspecified atom stereocenters. The fourth-order valence-electron chi connectivity index (χ4n) is 0.942. The van der Waals surface area contributed by atoms with Gasteiger partial charge in [0.25, 0.3) is 0 Å². The molecule has 1 aromatic heterocycles. The highest BCUT2D eigenvalue weighted by atomic mass is 16.4. The van der Waals surface area contributed by atoms with E-state index in [4.69, 9.17) is 11.5 Å². The largest absolute Gasteiger partial charge is 0.481 e. The van der Waals surface area contributed by atoms with Crippen LogP contribution in [0.2, 0.25) is 0 Å². The molecule has 4 heteroatoms. The lowest BCUT2D eigenvalue weighted by Crippen LogP contribution is -2.03. The molecule has 0 bridgehead atoms. The van der Waals surface area contributed by atoms with Crippen molar-refractivity contribution in [2.24, 2.45) is 0 Å². The van der Waals surface area contributed by atoms with Gasteiger partial charge in [-0.05, 0) is 12.1 Å². The molecule has 0 fully saturated rings. The fraction of sp³-hybridized carbons (Fsp3) is 0.200. The van der Waals surface area contributed by atoms with Gasteiger partial charge in [-0.25, -0.2) is 0 Å². The summed E-state index contributed by atoms with van der Waals surface area (Å²) in [6.07, 6.45) is 6.57. The highest BCUT2D eigenvalue weighted by Crippen LogP contribution is 2.05. The molecule has 0 radical (unpaired) electrons. The Morgan fingerprint density at radius 1 is 1.64 bits per heavy atom. The lowest BCUT2D eigenvalue weighted by molar-refractivity contribution is -0.136. The van der Waals surface area contributed by atoms with Gasteiger partial charge in [-0.3, -0.25) is 9.78 Å². The highest BCUT2D eigenvalue weighted by molar-refractivity contribution is 5.69. The van der Waals surface area contributed by atoms with Gasteiger partial charge in [0.1, 0.15) is 0 Å². The number of nitrogens with one attached hydrogen (secondary N) is 1. The molecule has 0 aliphatic rings. The van der Waals surface area contributed by atoms with Crippen LogP contribution in [0.3, 0.4) is 0 Å². The fourth-order valence-corrected chi connectivity index (χ4v) is 0.942. The van der Waals surface area contributed by atoms with Gasteiger partial charge in [0.2, 0.25) is 0 Å². The maximum absolute atomic E-state index is 10.3. The van der Waals surface area contributed by atoms with Crippen LogP contribution in [-0.2, 0) is 11.2 Å². The predicted octanol–water partition coefficient (Wildman–Crippen LogP) is 0.754. The summed E-state index contributed by atoms with van der Waals surface area (Å²) < 4.78 is 0. The Bertz CT molecular complexity index is 351. The molecule has 1 heterocycles. The number of hydrogen-bond acceptors (Lipinski definition) is 3. The molecule has 0 aliphatic carbocycles. The van der Waals surface area contributed by atoms with Gasteiger partial charge in [0.05, 0.1) is 30.5 Å². The Balaban J connectivity index is 2.60. The number of hydrogen-bond donors (Lipinski definition) is 2. The predicted molar refractivity (Wildman–Crippen MR) is 52.9 cm³/mol. The molecule has 0 atom stereocenters. The molecule has 4 nitrogen and oxygen atoms in total. The topological polar surface area (TPSA) is 62.2 Å². The van der Waals surface area contributed by atoms with Crippen LogP contribution in [0.15, 0.2) is 18.3 Å². The SMILES string of the molecule is C#CCNc1ccc(CC(=O)O)nc1. The van der Waals surface area contributed by atoms with Crippen LogP contribution in [0.4, 0.5) is 5.69 Å². The quantitative estimate of drug-likeness (QED) is 0.688. The number of carboxylic acids is 1. The molecular weight excluding hydrogens is 180 g/mol. The van der Waals surface area contributed by atoms with Gasteiger partial charge in [0.15, 0.2) is 0 Å². The van der Waals surface area contributed by atoms with Crippen molar-refractivity contribution in [1.82, 2.24) is 4.98 Å². The van der Waals surface area contributed by atoms with E-state index in [1.165, 1.54) is 0 Å². The number of terminal acetylenes is 1. The van der Waals surface area contributed by atoms with Gasteiger partial charge in [-0.15, -0.1) is 6.42 Å².